The first kappa shape index (κ1) is 21.5. The maximum Gasteiger partial charge on any atom is 0.254 e. The lowest BCUT2D eigenvalue weighted by Gasteiger charge is -2.35. The number of piperazine rings is 1. The van der Waals surface area contributed by atoms with Crippen LogP contribution in [0, 0.1) is 0 Å². The zero-order valence-electron chi connectivity index (χ0n) is 17.6. The molecule has 0 radical (unpaired) electrons. The minimum absolute atomic E-state index is 0.141. The van der Waals surface area contributed by atoms with Gasteiger partial charge < -0.3 is 16.0 Å². The fourth-order valence-electron chi connectivity index (χ4n) is 3.63. The van der Waals surface area contributed by atoms with Gasteiger partial charge in [-0.25, -0.2) is 18.4 Å². The molecule has 1 aliphatic carbocycles. The first-order valence-corrected chi connectivity index (χ1v) is 12.2. The van der Waals surface area contributed by atoms with E-state index in [1.807, 2.05) is 24.3 Å². The zero-order chi connectivity index (χ0) is 22.0. The van der Waals surface area contributed by atoms with E-state index in [2.05, 4.69) is 20.2 Å². The van der Waals surface area contributed by atoms with Crippen LogP contribution in [0.4, 0.5) is 11.5 Å². The van der Waals surface area contributed by atoms with Crippen molar-refractivity contribution in [2.45, 2.75) is 32.2 Å². The average molecular weight is 445 g/mol. The van der Waals surface area contributed by atoms with E-state index in [9.17, 15) is 13.2 Å². The van der Waals surface area contributed by atoms with Gasteiger partial charge in [0, 0.05) is 50.5 Å². The number of hydrogen-bond acceptors (Lipinski definition) is 7. The Morgan fingerprint density at radius 2 is 1.84 bits per heavy atom. The van der Waals surface area contributed by atoms with E-state index in [-0.39, 0.29) is 5.75 Å². The molecular weight excluding hydrogens is 416 g/mol. The minimum atomic E-state index is -3.13. The molecular formula is C21H28N6O3S. The Morgan fingerprint density at radius 1 is 1.16 bits per heavy atom. The van der Waals surface area contributed by atoms with Crippen LogP contribution in [0.25, 0.3) is 0 Å². The van der Waals surface area contributed by atoms with Gasteiger partial charge in [0.1, 0.15) is 11.6 Å². The molecule has 2 heterocycles. The standard InChI is InChI=1S/C21H28N6O3S/c1-2-31(29,30)27-11-9-26(10-12-27)17-7-3-15(4-8-17)13-19-23-14-18(20(22)28)21(25-19)24-16-5-6-16/h3-4,7-8,14,16H,2,5-6,9-13H2,1H3,(H2,22,28)(H,23,24,25). The van der Waals surface area contributed by atoms with Crippen LogP contribution in [0.5, 0.6) is 0 Å². The number of nitrogens with two attached hydrogens (primary N) is 1. The Balaban J connectivity index is 1.40. The third-order valence-electron chi connectivity index (χ3n) is 5.68. The van der Waals surface area contributed by atoms with Gasteiger partial charge in [-0.3, -0.25) is 4.79 Å². The summed E-state index contributed by atoms with van der Waals surface area (Å²) in [4.78, 5) is 22.7. The second kappa shape index (κ2) is 8.80. The predicted molar refractivity (Wildman–Crippen MR) is 120 cm³/mol. The third kappa shape index (κ3) is 5.13. The molecule has 0 unspecified atom stereocenters. The normalized spacial score (nSPS) is 17.5. The number of aromatic nitrogens is 2. The van der Waals surface area contributed by atoms with Gasteiger partial charge >= 0.3 is 0 Å². The van der Waals surface area contributed by atoms with Crippen LogP contribution >= 0.6 is 0 Å². The summed E-state index contributed by atoms with van der Waals surface area (Å²) in [6.07, 6.45) is 4.17. The molecule has 1 amide bonds. The van der Waals surface area contributed by atoms with Gasteiger partial charge in [-0.05, 0) is 37.5 Å². The van der Waals surface area contributed by atoms with Crippen molar-refractivity contribution < 1.29 is 13.2 Å². The largest absolute Gasteiger partial charge is 0.369 e. The fourth-order valence-corrected chi connectivity index (χ4v) is 4.71. The maximum atomic E-state index is 12.0. The van der Waals surface area contributed by atoms with Crippen LogP contribution in [0.3, 0.4) is 0 Å². The van der Waals surface area contributed by atoms with E-state index < -0.39 is 15.9 Å². The van der Waals surface area contributed by atoms with E-state index in [0.717, 1.165) is 24.1 Å². The van der Waals surface area contributed by atoms with Crippen LogP contribution in [0.2, 0.25) is 0 Å². The third-order valence-corrected chi connectivity index (χ3v) is 7.56. The minimum Gasteiger partial charge on any atom is -0.369 e. The summed E-state index contributed by atoms with van der Waals surface area (Å²) in [5.74, 6) is 0.740. The molecule has 4 rings (SSSR count). The van der Waals surface area contributed by atoms with E-state index in [1.54, 1.807) is 11.2 Å². The lowest BCUT2D eigenvalue weighted by molar-refractivity contribution is 0.100. The summed E-state index contributed by atoms with van der Waals surface area (Å²) in [6.45, 7) is 4.04. The Labute approximate surface area is 182 Å². The maximum absolute atomic E-state index is 12.0. The molecule has 0 atom stereocenters. The van der Waals surface area contributed by atoms with E-state index in [0.29, 0.717) is 55.8 Å². The van der Waals surface area contributed by atoms with Crippen LogP contribution in [0.1, 0.15) is 41.5 Å². The van der Waals surface area contributed by atoms with Crippen molar-refractivity contribution in [2.24, 2.45) is 5.73 Å². The number of hydrogen-bond donors (Lipinski definition) is 2. The highest BCUT2D eigenvalue weighted by molar-refractivity contribution is 7.89. The van der Waals surface area contributed by atoms with Gasteiger partial charge in [-0.15, -0.1) is 0 Å². The number of primary amides is 1. The lowest BCUT2D eigenvalue weighted by Crippen LogP contribution is -2.49. The highest BCUT2D eigenvalue weighted by Gasteiger charge is 2.26. The Hall–Kier alpha value is -2.72. The number of anilines is 2. The van der Waals surface area contributed by atoms with Crippen molar-refractivity contribution >= 4 is 27.4 Å². The number of rotatable bonds is 8. The number of sulfonamides is 1. The summed E-state index contributed by atoms with van der Waals surface area (Å²) >= 11 is 0. The van der Waals surface area contributed by atoms with E-state index in [1.165, 1.54) is 6.20 Å². The molecule has 0 spiro atoms. The van der Waals surface area contributed by atoms with Crippen LogP contribution in [0.15, 0.2) is 30.5 Å². The number of benzene rings is 1. The summed E-state index contributed by atoms with van der Waals surface area (Å²) in [5.41, 5.74) is 7.88. The van der Waals surface area contributed by atoms with Gasteiger partial charge in [0.2, 0.25) is 10.0 Å². The quantitative estimate of drug-likeness (QED) is 0.628. The molecule has 1 aromatic heterocycles. The summed E-state index contributed by atoms with van der Waals surface area (Å²) in [5, 5.41) is 3.26. The van der Waals surface area contributed by atoms with Crippen molar-refractivity contribution in [1.29, 1.82) is 0 Å². The van der Waals surface area contributed by atoms with Gasteiger partial charge in [0.25, 0.3) is 5.91 Å². The molecule has 3 N–H and O–H groups in total. The molecule has 1 saturated carbocycles. The first-order valence-electron chi connectivity index (χ1n) is 10.6. The number of carbonyl (C=O) groups is 1. The molecule has 9 nitrogen and oxygen atoms in total. The summed E-state index contributed by atoms with van der Waals surface area (Å²) in [6, 6.07) is 8.50. The predicted octanol–water partition coefficient (Wildman–Crippen LogP) is 1.21. The second-order valence-electron chi connectivity index (χ2n) is 7.96. The molecule has 2 aliphatic rings. The second-order valence-corrected chi connectivity index (χ2v) is 10.2. The van der Waals surface area contributed by atoms with Gasteiger partial charge in [0.15, 0.2) is 0 Å². The molecule has 1 aliphatic heterocycles. The zero-order valence-corrected chi connectivity index (χ0v) is 18.4. The monoisotopic (exact) mass is 444 g/mol. The van der Waals surface area contributed by atoms with Crippen molar-refractivity contribution in [3.8, 4) is 0 Å². The van der Waals surface area contributed by atoms with Crippen LogP contribution < -0.4 is 16.0 Å². The number of nitrogens with one attached hydrogen (secondary N) is 1. The van der Waals surface area contributed by atoms with Crippen LogP contribution in [-0.2, 0) is 16.4 Å². The van der Waals surface area contributed by atoms with Crippen molar-refractivity contribution in [2.75, 3.05) is 42.1 Å². The molecule has 0 bridgehead atoms. The van der Waals surface area contributed by atoms with Crippen LogP contribution in [-0.4, -0.2) is 66.6 Å². The number of carbonyl (C=O) groups excluding carboxylic acids is 1. The average Bonchev–Trinajstić information content (AvgIpc) is 3.58. The Bertz CT molecular complexity index is 1050. The van der Waals surface area contributed by atoms with Crippen molar-refractivity contribution in [1.82, 2.24) is 14.3 Å². The highest BCUT2D eigenvalue weighted by atomic mass is 32.2. The SMILES string of the molecule is CCS(=O)(=O)N1CCN(c2ccc(Cc3ncc(C(N)=O)c(NC4CC4)n3)cc2)CC1. The first-order chi connectivity index (χ1) is 14.9. The molecule has 31 heavy (non-hydrogen) atoms. The summed E-state index contributed by atoms with van der Waals surface area (Å²) < 4.78 is 25.6. The molecule has 2 aromatic rings. The molecule has 166 valence electrons. The fraction of sp³-hybridized carbons (Fsp3) is 0.476. The highest BCUT2D eigenvalue weighted by Crippen LogP contribution is 2.26. The van der Waals surface area contributed by atoms with Gasteiger partial charge in [-0.1, -0.05) is 12.1 Å². The number of amides is 1. The number of nitrogens with zero attached hydrogens (tertiary/aromatic N) is 4. The van der Waals surface area contributed by atoms with E-state index >= 15 is 0 Å². The van der Waals surface area contributed by atoms with Crippen molar-refractivity contribution in [3.63, 3.8) is 0 Å². The molecule has 1 aromatic carbocycles. The Kier molecular flexibility index (Phi) is 6.10. The van der Waals surface area contributed by atoms with Gasteiger partial charge in [-0.2, -0.15) is 4.31 Å². The van der Waals surface area contributed by atoms with E-state index in [4.69, 9.17) is 5.73 Å². The molecule has 2 fully saturated rings. The Morgan fingerprint density at radius 3 is 2.42 bits per heavy atom. The molecule has 10 heteroatoms. The lowest BCUT2D eigenvalue weighted by atomic mass is 10.1. The van der Waals surface area contributed by atoms with Gasteiger partial charge in [0.05, 0.1) is 11.3 Å². The smallest absolute Gasteiger partial charge is 0.254 e. The summed E-state index contributed by atoms with van der Waals surface area (Å²) in [7, 11) is -3.13. The van der Waals surface area contributed by atoms with Crippen molar-refractivity contribution in [3.05, 3.63) is 47.4 Å². The topological polar surface area (TPSA) is 122 Å². The molecule has 1 saturated heterocycles.